The monoisotopic (exact) mass is 454 g/mol. The molecule has 2 rings (SSSR count). The zero-order chi connectivity index (χ0) is 24.4. The second-order valence-electron chi connectivity index (χ2n) is 7.50. The molecule has 33 heavy (non-hydrogen) atoms. The van der Waals surface area contributed by atoms with Gasteiger partial charge < -0.3 is 20.1 Å². The molecule has 0 saturated carbocycles. The molecule has 2 aromatic carbocycles. The molecule has 0 fully saturated rings. The molecule has 9 heteroatoms. The van der Waals surface area contributed by atoms with Crippen LogP contribution in [-0.4, -0.2) is 43.7 Å². The summed E-state index contributed by atoms with van der Waals surface area (Å²) in [7, 11) is 1.47. The minimum atomic E-state index is -0.853. The van der Waals surface area contributed by atoms with Gasteiger partial charge in [0.1, 0.15) is 0 Å². The van der Waals surface area contributed by atoms with E-state index in [1.165, 1.54) is 13.3 Å². The summed E-state index contributed by atoms with van der Waals surface area (Å²) in [4.78, 5) is 35.8. The van der Waals surface area contributed by atoms with Gasteiger partial charge in [-0.2, -0.15) is 5.10 Å². The average Bonchev–Trinajstić information content (AvgIpc) is 2.80. The molecular formula is C24H30N4O5. The Balaban J connectivity index is 1.94. The minimum Gasteiger partial charge on any atom is -0.493 e. The van der Waals surface area contributed by atoms with Gasteiger partial charge in [-0.3, -0.25) is 14.4 Å². The SMILES string of the molecule is CC[C@@H](C)NC(=O)C(=O)N/N=C\c1ccc(OCC(=O)Nc2c(C)cccc2C)c(OC)c1. The van der Waals surface area contributed by atoms with Crippen LogP contribution in [0.15, 0.2) is 41.5 Å². The molecule has 3 amide bonds. The molecule has 1 atom stereocenters. The maximum Gasteiger partial charge on any atom is 0.329 e. The summed E-state index contributed by atoms with van der Waals surface area (Å²) in [6, 6.07) is 10.6. The Morgan fingerprint density at radius 2 is 1.76 bits per heavy atom. The van der Waals surface area contributed by atoms with Crippen molar-refractivity contribution in [1.82, 2.24) is 10.7 Å². The van der Waals surface area contributed by atoms with E-state index in [1.807, 2.05) is 39.0 Å². The number of ether oxygens (including phenoxy) is 2. The average molecular weight is 455 g/mol. The Labute approximate surface area is 193 Å². The highest BCUT2D eigenvalue weighted by atomic mass is 16.5. The largest absolute Gasteiger partial charge is 0.493 e. The van der Waals surface area contributed by atoms with Crippen molar-refractivity contribution in [3.05, 3.63) is 53.1 Å². The van der Waals surface area contributed by atoms with Gasteiger partial charge in [0, 0.05) is 11.7 Å². The molecule has 0 unspecified atom stereocenters. The van der Waals surface area contributed by atoms with Crippen molar-refractivity contribution in [2.75, 3.05) is 19.0 Å². The molecule has 0 heterocycles. The first-order chi connectivity index (χ1) is 15.7. The van der Waals surface area contributed by atoms with E-state index in [2.05, 4.69) is 21.2 Å². The number of aryl methyl sites for hydroxylation is 2. The van der Waals surface area contributed by atoms with Gasteiger partial charge in [0.15, 0.2) is 18.1 Å². The number of benzene rings is 2. The lowest BCUT2D eigenvalue weighted by Gasteiger charge is -2.13. The van der Waals surface area contributed by atoms with Crippen LogP contribution < -0.4 is 25.5 Å². The van der Waals surface area contributed by atoms with Crippen LogP contribution in [0.25, 0.3) is 0 Å². The highest BCUT2D eigenvalue weighted by Crippen LogP contribution is 2.27. The molecule has 0 saturated heterocycles. The number of hydrazone groups is 1. The first-order valence-electron chi connectivity index (χ1n) is 10.6. The van der Waals surface area contributed by atoms with E-state index in [-0.39, 0.29) is 18.6 Å². The maximum absolute atomic E-state index is 12.3. The number of para-hydroxylation sites is 1. The fourth-order valence-electron chi connectivity index (χ4n) is 2.82. The molecule has 176 valence electrons. The molecule has 9 nitrogen and oxygen atoms in total. The van der Waals surface area contributed by atoms with Gasteiger partial charge in [-0.1, -0.05) is 25.1 Å². The van der Waals surface area contributed by atoms with Crippen LogP contribution in [0.4, 0.5) is 5.69 Å². The third-order valence-electron chi connectivity index (χ3n) is 4.87. The Kier molecular flexibility index (Phi) is 9.41. The van der Waals surface area contributed by atoms with Gasteiger partial charge in [-0.05, 0) is 62.1 Å². The third kappa shape index (κ3) is 7.64. The van der Waals surface area contributed by atoms with Crippen molar-refractivity contribution in [3.63, 3.8) is 0 Å². The fourth-order valence-corrected chi connectivity index (χ4v) is 2.82. The topological polar surface area (TPSA) is 118 Å². The summed E-state index contributed by atoms with van der Waals surface area (Å²) in [5.74, 6) is -1.13. The predicted molar refractivity (Wildman–Crippen MR) is 127 cm³/mol. The number of methoxy groups -OCH3 is 1. The molecule has 0 aliphatic carbocycles. The van der Waals surface area contributed by atoms with Gasteiger partial charge in [-0.25, -0.2) is 5.43 Å². The summed E-state index contributed by atoms with van der Waals surface area (Å²) < 4.78 is 10.9. The van der Waals surface area contributed by atoms with E-state index >= 15 is 0 Å². The Morgan fingerprint density at radius 3 is 2.39 bits per heavy atom. The number of hydrogen-bond acceptors (Lipinski definition) is 6. The van der Waals surface area contributed by atoms with Gasteiger partial charge in [0.2, 0.25) is 0 Å². The second-order valence-corrected chi connectivity index (χ2v) is 7.50. The van der Waals surface area contributed by atoms with E-state index in [1.54, 1.807) is 25.1 Å². The van der Waals surface area contributed by atoms with Crippen LogP contribution in [0.5, 0.6) is 11.5 Å². The number of nitrogens with one attached hydrogen (secondary N) is 3. The van der Waals surface area contributed by atoms with E-state index in [9.17, 15) is 14.4 Å². The summed E-state index contributed by atoms with van der Waals surface area (Å²) >= 11 is 0. The number of nitrogens with zero attached hydrogens (tertiary/aromatic N) is 1. The van der Waals surface area contributed by atoms with Crippen molar-refractivity contribution < 1.29 is 23.9 Å². The molecule has 0 aliphatic rings. The number of anilines is 1. The summed E-state index contributed by atoms with van der Waals surface area (Å²) in [6.07, 6.45) is 2.08. The van der Waals surface area contributed by atoms with Gasteiger partial charge in [-0.15, -0.1) is 0 Å². The lowest BCUT2D eigenvalue weighted by atomic mass is 10.1. The zero-order valence-corrected chi connectivity index (χ0v) is 19.5. The number of hydrogen-bond donors (Lipinski definition) is 3. The van der Waals surface area contributed by atoms with E-state index < -0.39 is 11.8 Å². The number of amides is 3. The third-order valence-corrected chi connectivity index (χ3v) is 4.87. The van der Waals surface area contributed by atoms with Gasteiger partial charge in [0.05, 0.1) is 13.3 Å². The van der Waals surface area contributed by atoms with Gasteiger partial charge in [0.25, 0.3) is 5.91 Å². The van der Waals surface area contributed by atoms with Crippen LogP contribution in [-0.2, 0) is 14.4 Å². The maximum atomic E-state index is 12.3. The lowest BCUT2D eigenvalue weighted by molar-refractivity contribution is -0.139. The highest BCUT2D eigenvalue weighted by Gasteiger charge is 2.14. The minimum absolute atomic E-state index is 0.105. The fraction of sp³-hybridized carbons (Fsp3) is 0.333. The molecule has 3 N–H and O–H groups in total. The van der Waals surface area contributed by atoms with Crippen LogP contribution >= 0.6 is 0 Å². The summed E-state index contributed by atoms with van der Waals surface area (Å²) in [6.45, 7) is 7.36. The van der Waals surface area contributed by atoms with Crippen molar-refractivity contribution in [2.24, 2.45) is 5.10 Å². The van der Waals surface area contributed by atoms with Crippen LogP contribution in [0.1, 0.15) is 37.0 Å². The van der Waals surface area contributed by atoms with Gasteiger partial charge >= 0.3 is 11.8 Å². The van der Waals surface area contributed by atoms with Crippen LogP contribution in [0, 0.1) is 13.8 Å². The number of carbonyl (C=O) groups excluding carboxylic acids is 3. The normalized spacial score (nSPS) is 11.5. The lowest BCUT2D eigenvalue weighted by Crippen LogP contribution is -2.41. The van der Waals surface area contributed by atoms with Crippen molar-refractivity contribution in [1.29, 1.82) is 0 Å². The summed E-state index contributed by atoms with van der Waals surface area (Å²) in [5.41, 5.74) is 5.48. The zero-order valence-electron chi connectivity index (χ0n) is 19.5. The quantitative estimate of drug-likeness (QED) is 0.306. The van der Waals surface area contributed by atoms with Crippen molar-refractivity contribution in [3.8, 4) is 11.5 Å². The summed E-state index contributed by atoms with van der Waals surface area (Å²) in [5, 5.41) is 9.21. The smallest absolute Gasteiger partial charge is 0.329 e. The number of carbonyl (C=O) groups is 3. The second kappa shape index (κ2) is 12.2. The molecule has 0 radical (unpaired) electrons. The Bertz CT molecular complexity index is 1020. The predicted octanol–water partition coefficient (Wildman–Crippen LogP) is 2.69. The van der Waals surface area contributed by atoms with E-state index in [0.717, 1.165) is 16.8 Å². The first kappa shape index (κ1) is 25.4. The van der Waals surface area contributed by atoms with E-state index in [0.29, 0.717) is 23.5 Å². The molecule has 2 aromatic rings. The van der Waals surface area contributed by atoms with Crippen LogP contribution in [0.3, 0.4) is 0 Å². The molecular weight excluding hydrogens is 424 g/mol. The molecule has 0 spiro atoms. The Morgan fingerprint density at radius 1 is 1.06 bits per heavy atom. The highest BCUT2D eigenvalue weighted by molar-refractivity contribution is 6.35. The molecule has 0 bridgehead atoms. The molecule has 0 aromatic heterocycles. The molecule has 0 aliphatic heterocycles. The van der Waals surface area contributed by atoms with Crippen LogP contribution in [0.2, 0.25) is 0 Å². The Hall–Kier alpha value is -3.88. The first-order valence-corrected chi connectivity index (χ1v) is 10.6. The van der Waals surface area contributed by atoms with Crippen molar-refractivity contribution in [2.45, 2.75) is 40.2 Å². The standard InChI is InChI=1S/C24H30N4O5/c1-6-17(4)26-23(30)24(31)28-25-13-18-10-11-19(20(12-18)32-5)33-14-21(29)27-22-15(2)8-7-9-16(22)3/h7-13,17H,6,14H2,1-5H3,(H,26,30)(H,27,29)(H,28,31)/b25-13-/t17-/m1/s1. The van der Waals surface area contributed by atoms with Crippen molar-refractivity contribution >= 4 is 29.6 Å². The van der Waals surface area contributed by atoms with E-state index in [4.69, 9.17) is 9.47 Å². The number of rotatable bonds is 9.